The number of imidazole rings is 1. The van der Waals surface area contributed by atoms with E-state index in [9.17, 15) is 4.57 Å². The van der Waals surface area contributed by atoms with Gasteiger partial charge in [0.15, 0.2) is 11.5 Å². The Balaban J connectivity index is 1.84. The number of rotatable bonds is 7. The number of ether oxygens (including phenoxy) is 1. The second-order valence-corrected chi connectivity index (χ2v) is 7.58. The van der Waals surface area contributed by atoms with Gasteiger partial charge in [0.05, 0.1) is 18.5 Å². The van der Waals surface area contributed by atoms with Crippen molar-refractivity contribution < 1.29 is 19.1 Å². The van der Waals surface area contributed by atoms with Gasteiger partial charge in [0.2, 0.25) is 0 Å². The van der Waals surface area contributed by atoms with E-state index in [1.54, 1.807) is 6.33 Å². The smallest absolute Gasteiger partial charge is 0.351 e. The predicted molar refractivity (Wildman–Crippen MR) is 83.5 cm³/mol. The summed E-state index contributed by atoms with van der Waals surface area (Å²) >= 11 is 0. The molecule has 0 aromatic carbocycles. The highest BCUT2D eigenvalue weighted by Gasteiger charge is 2.55. The number of nitrogens with two attached hydrogens (primary N) is 1. The maximum absolute atomic E-state index is 11.1. The van der Waals surface area contributed by atoms with Gasteiger partial charge in [0.25, 0.3) is 0 Å². The van der Waals surface area contributed by atoms with Crippen LogP contribution >= 0.6 is 7.60 Å². The van der Waals surface area contributed by atoms with Crippen molar-refractivity contribution in [1.29, 1.82) is 0 Å². The number of anilines is 1. The molecule has 1 saturated carbocycles. The first-order valence-corrected chi connectivity index (χ1v) is 9.24. The SMILES string of the molecule is CCCC1CC1(Cn1cnc2c(N)ncnc21)OCP(=O)(O)O. The molecule has 2 aromatic heterocycles. The lowest BCUT2D eigenvalue weighted by Crippen LogP contribution is -2.25. The minimum atomic E-state index is -4.21. The monoisotopic (exact) mass is 341 g/mol. The van der Waals surface area contributed by atoms with Crippen molar-refractivity contribution in [3.63, 3.8) is 0 Å². The summed E-state index contributed by atoms with van der Waals surface area (Å²) in [5, 5.41) is 0. The zero-order valence-corrected chi connectivity index (χ0v) is 13.7. The van der Waals surface area contributed by atoms with Gasteiger partial charge in [-0.1, -0.05) is 13.3 Å². The Morgan fingerprint density at radius 2 is 2.26 bits per heavy atom. The molecule has 0 saturated heterocycles. The highest BCUT2D eigenvalue weighted by Crippen LogP contribution is 2.53. The van der Waals surface area contributed by atoms with Crippen molar-refractivity contribution in [2.45, 2.75) is 38.3 Å². The molecule has 126 valence electrons. The standard InChI is InChI=1S/C13H20N5O4P/c1-2-3-9-4-13(9,22-8-23(19,20)21)5-18-7-17-10-11(14)15-6-16-12(10)18/h6-7,9H,2-5,8H2,1H3,(H2,14,15,16)(H2,19,20,21). The van der Waals surface area contributed by atoms with Gasteiger partial charge >= 0.3 is 7.60 Å². The summed E-state index contributed by atoms with van der Waals surface area (Å²) in [7, 11) is -4.21. The minimum Gasteiger partial charge on any atom is -0.382 e. The van der Waals surface area contributed by atoms with Crippen molar-refractivity contribution in [3.05, 3.63) is 12.7 Å². The summed E-state index contributed by atoms with van der Waals surface area (Å²) in [5.41, 5.74) is 6.31. The summed E-state index contributed by atoms with van der Waals surface area (Å²) in [6.45, 7) is 2.51. The van der Waals surface area contributed by atoms with Crippen molar-refractivity contribution in [3.8, 4) is 0 Å². The molecular formula is C13H20N5O4P. The fourth-order valence-corrected chi connectivity index (χ4v) is 3.43. The highest BCUT2D eigenvalue weighted by molar-refractivity contribution is 7.51. The van der Waals surface area contributed by atoms with E-state index in [0.29, 0.717) is 23.5 Å². The summed E-state index contributed by atoms with van der Waals surface area (Å²) < 4.78 is 18.6. The van der Waals surface area contributed by atoms with Gasteiger partial charge in [-0.2, -0.15) is 0 Å². The lowest BCUT2D eigenvalue weighted by Gasteiger charge is -2.20. The zero-order valence-electron chi connectivity index (χ0n) is 12.8. The first kappa shape index (κ1) is 16.3. The van der Waals surface area contributed by atoms with Gasteiger partial charge in [-0.25, -0.2) is 15.0 Å². The van der Waals surface area contributed by atoms with E-state index in [2.05, 4.69) is 21.9 Å². The van der Waals surface area contributed by atoms with Crippen LogP contribution in [0, 0.1) is 5.92 Å². The first-order valence-electron chi connectivity index (χ1n) is 7.44. The molecule has 0 aliphatic heterocycles. The minimum absolute atomic E-state index is 0.274. The van der Waals surface area contributed by atoms with Crippen molar-refractivity contribution in [2.75, 3.05) is 12.1 Å². The summed E-state index contributed by atoms with van der Waals surface area (Å²) in [6.07, 6.45) is 5.11. The van der Waals surface area contributed by atoms with E-state index in [1.165, 1.54) is 6.33 Å². The summed E-state index contributed by atoms with van der Waals surface area (Å²) in [6, 6.07) is 0. The number of nitrogen functional groups attached to an aromatic ring is 1. The van der Waals surface area contributed by atoms with Crippen LogP contribution in [0.1, 0.15) is 26.2 Å². The summed E-state index contributed by atoms with van der Waals surface area (Å²) in [4.78, 5) is 30.5. The predicted octanol–water partition coefficient (Wildman–Crippen LogP) is 1.12. The van der Waals surface area contributed by atoms with E-state index in [4.69, 9.17) is 20.3 Å². The van der Waals surface area contributed by atoms with E-state index >= 15 is 0 Å². The number of nitrogens with zero attached hydrogens (tertiary/aromatic N) is 4. The van der Waals surface area contributed by atoms with Crippen LogP contribution in [-0.4, -0.2) is 41.3 Å². The lowest BCUT2D eigenvalue weighted by molar-refractivity contribution is 0.0274. The van der Waals surface area contributed by atoms with Gasteiger partial charge in [-0.3, -0.25) is 4.57 Å². The highest BCUT2D eigenvalue weighted by atomic mass is 31.2. The summed E-state index contributed by atoms with van der Waals surface area (Å²) in [5.74, 6) is 0.579. The molecule has 2 unspecified atom stereocenters. The molecule has 4 N–H and O–H groups in total. The van der Waals surface area contributed by atoms with E-state index in [0.717, 1.165) is 19.3 Å². The third-order valence-corrected chi connectivity index (χ3v) is 4.67. The van der Waals surface area contributed by atoms with E-state index in [1.807, 2.05) is 4.57 Å². The van der Waals surface area contributed by atoms with Gasteiger partial charge in [0, 0.05) is 0 Å². The van der Waals surface area contributed by atoms with Crippen LogP contribution in [0.4, 0.5) is 5.82 Å². The van der Waals surface area contributed by atoms with Crippen LogP contribution in [0.2, 0.25) is 0 Å². The fraction of sp³-hybridized carbons (Fsp3) is 0.615. The van der Waals surface area contributed by atoms with Gasteiger partial charge in [-0.05, 0) is 18.8 Å². The second kappa shape index (κ2) is 5.83. The van der Waals surface area contributed by atoms with Gasteiger partial charge in [-0.15, -0.1) is 0 Å². The largest absolute Gasteiger partial charge is 0.382 e. The third-order valence-electron chi connectivity index (χ3n) is 4.20. The number of hydrogen-bond donors (Lipinski definition) is 3. The molecular weight excluding hydrogens is 321 g/mol. The molecule has 0 bridgehead atoms. The Kier molecular flexibility index (Phi) is 4.14. The Labute approximate surface area is 133 Å². The molecule has 2 heterocycles. The Morgan fingerprint density at radius 1 is 1.48 bits per heavy atom. The number of aromatic nitrogens is 4. The third kappa shape index (κ3) is 3.37. The van der Waals surface area contributed by atoms with Crippen molar-refractivity contribution >= 4 is 24.6 Å². The molecule has 2 atom stereocenters. The maximum Gasteiger partial charge on any atom is 0.351 e. The topological polar surface area (TPSA) is 136 Å². The Bertz CT molecular complexity index is 760. The zero-order chi connectivity index (χ0) is 16.7. The molecule has 0 spiro atoms. The Hall–Kier alpha value is -1.54. The van der Waals surface area contributed by atoms with Crippen molar-refractivity contribution in [1.82, 2.24) is 19.5 Å². The molecule has 1 fully saturated rings. The van der Waals surface area contributed by atoms with Crippen LogP contribution in [0.5, 0.6) is 0 Å². The molecule has 0 amide bonds. The van der Waals surface area contributed by atoms with Gasteiger partial charge in [0.1, 0.15) is 18.2 Å². The average molecular weight is 341 g/mol. The van der Waals surface area contributed by atoms with Crippen LogP contribution in [-0.2, 0) is 15.8 Å². The van der Waals surface area contributed by atoms with Crippen LogP contribution in [0.3, 0.4) is 0 Å². The molecule has 1 aliphatic rings. The normalized spacial score (nSPS) is 24.2. The van der Waals surface area contributed by atoms with Gasteiger partial charge < -0.3 is 24.8 Å². The number of fused-ring (bicyclic) bond motifs is 1. The maximum atomic E-state index is 11.1. The van der Waals surface area contributed by atoms with E-state index < -0.39 is 19.5 Å². The lowest BCUT2D eigenvalue weighted by atomic mass is 10.1. The van der Waals surface area contributed by atoms with Crippen LogP contribution in [0.25, 0.3) is 11.2 Å². The Morgan fingerprint density at radius 3 is 2.96 bits per heavy atom. The molecule has 0 radical (unpaired) electrons. The molecule has 9 nitrogen and oxygen atoms in total. The molecule has 2 aromatic rings. The van der Waals surface area contributed by atoms with E-state index in [-0.39, 0.29) is 5.92 Å². The second-order valence-electron chi connectivity index (χ2n) is 6.00. The number of hydrogen-bond acceptors (Lipinski definition) is 6. The molecule has 1 aliphatic carbocycles. The molecule has 10 heteroatoms. The molecule has 3 rings (SSSR count). The van der Waals surface area contributed by atoms with Crippen molar-refractivity contribution in [2.24, 2.45) is 5.92 Å². The van der Waals surface area contributed by atoms with Crippen LogP contribution in [0.15, 0.2) is 12.7 Å². The molecule has 23 heavy (non-hydrogen) atoms. The first-order chi connectivity index (χ1) is 10.8. The fourth-order valence-electron chi connectivity index (χ4n) is 3.00. The average Bonchev–Trinajstić information content (AvgIpc) is 2.97. The quantitative estimate of drug-likeness (QED) is 0.637. The van der Waals surface area contributed by atoms with Crippen LogP contribution < -0.4 is 5.73 Å².